The van der Waals surface area contributed by atoms with Crippen molar-refractivity contribution in [2.24, 2.45) is 0 Å². The Morgan fingerprint density at radius 2 is 1.89 bits per heavy atom. The van der Waals surface area contributed by atoms with Gasteiger partial charge in [0, 0.05) is 24.1 Å². The Bertz CT molecular complexity index is 858. The third kappa shape index (κ3) is 4.88. The summed E-state index contributed by atoms with van der Waals surface area (Å²) in [7, 11) is 0. The number of hydrogen-bond donors (Lipinski definition) is 0. The Kier molecular flexibility index (Phi) is 5.68. The van der Waals surface area contributed by atoms with Crippen molar-refractivity contribution in [2.45, 2.75) is 38.9 Å². The molecule has 1 aliphatic rings. The molecule has 0 spiro atoms. The first kappa shape index (κ1) is 19.9. The first-order valence-corrected chi connectivity index (χ1v) is 9.25. The molecule has 1 aliphatic heterocycles. The zero-order valence-electron chi connectivity index (χ0n) is 16.3. The highest BCUT2D eigenvalue weighted by atomic mass is 19.1. The lowest BCUT2D eigenvalue weighted by Gasteiger charge is -2.24. The van der Waals surface area contributed by atoms with Gasteiger partial charge in [-0.2, -0.15) is 0 Å². The Balaban J connectivity index is 1.77. The van der Waals surface area contributed by atoms with E-state index < -0.39 is 5.60 Å². The summed E-state index contributed by atoms with van der Waals surface area (Å²) in [5, 5.41) is 0. The molecule has 28 heavy (non-hydrogen) atoms. The van der Waals surface area contributed by atoms with Crippen LogP contribution in [-0.2, 0) is 4.74 Å². The molecule has 1 saturated heterocycles. The lowest BCUT2D eigenvalue weighted by atomic mass is 10.0. The van der Waals surface area contributed by atoms with Crippen molar-refractivity contribution in [3.8, 4) is 16.9 Å². The molecule has 0 N–H and O–H groups in total. The van der Waals surface area contributed by atoms with E-state index in [2.05, 4.69) is 0 Å². The summed E-state index contributed by atoms with van der Waals surface area (Å²) in [6, 6.07) is 11.2. The van der Waals surface area contributed by atoms with Crippen LogP contribution in [0.4, 0.5) is 9.18 Å². The van der Waals surface area contributed by atoms with Crippen molar-refractivity contribution in [1.82, 2.24) is 4.90 Å². The number of likely N-dealkylation sites (tertiary alicyclic amines) is 1. The van der Waals surface area contributed by atoms with Gasteiger partial charge in [-0.25, -0.2) is 9.18 Å². The van der Waals surface area contributed by atoms with E-state index in [-0.39, 0.29) is 18.0 Å². The minimum atomic E-state index is -0.545. The number of aldehydes is 1. The highest BCUT2D eigenvalue weighted by Crippen LogP contribution is 2.33. The summed E-state index contributed by atoms with van der Waals surface area (Å²) >= 11 is 0. The first-order chi connectivity index (χ1) is 13.2. The van der Waals surface area contributed by atoms with Crippen LogP contribution in [0, 0.1) is 5.82 Å². The molecule has 3 rings (SSSR count). The number of hydrogen-bond acceptors (Lipinski definition) is 4. The maximum atomic E-state index is 13.3. The SMILES string of the molecule is CC(C)(C)OC(=O)N1CC[C@H](Oc2ccc(C=O)cc2-c2ccc(F)cc2)C1. The molecule has 0 bridgehead atoms. The number of carbonyl (C=O) groups is 2. The van der Waals surface area contributed by atoms with E-state index in [1.807, 2.05) is 20.8 Å². The average Bonchev–Trinajstić information content (AvgIpc) is 3.10. The normalized spacial score (nSPS) is 16.7. The predicted octanol–water partition coefficient (Wildman–Crippen LogP) is 4.69. The van der Waals surface area contributed by atoms with Gasteiger partial charge < -0.3 is 14.4 Å². The fraction of sp³-hybridized carbons (Fsp3) is 0.364. The van der Waals surface area contributed by atoms with Gasteiger partial charge in [0.1, 0.15) is 29.6 Å². The Hall–Kier alpha value is -2.89. The van der Waals surface area contributed by atoms with E-state index in [9.17, 15) is 14.0 Å². The Labute approximate surface area is 164 Å². The quantitative estimate of drug-likeness (QED) is 0.717. The van der Waals surface area contributed by atoms with Gasteiger partial charge in [-0.1, -0.05) is 12.1 Å². The second-order valence-corrected chi connectivity index (χ2v) is 7.84. The average molecular weight is 385 g/mol. The number of benzene rings is 2. The summed E-state index contributed by atoms with van der Waals surface area (Å²) in [6.07, 6.45) is 0.899. The largest absolute Gasteiger partial charge is 0.488 e. The van der Waals surface area contributed by atoms with Crippen LogP contribution in [0.25, 0.3) is 11.1 Å². The van der Waals surface area contributed by atoms with E-state index in [1.165, 1.54) is 12.1 Å². The number of amides is 1. The molecule has 0 radical (unpaired) electrons. The molecule has 1 fully saturated rings. The number of halogens is 1. The molecular weight excluding hydrogens is 361 g/mol. The molecule has 148 valence electrons. The summed E-state index contributed by atoms with van der Waals surface area (Å²) in [5.41, 5.74) is 1.42. The highest BCUT2D eigenvalue weighted by molar-refractivity contribution is 5.81. The van der Waals surface area contributed by atoms with Crippen LogP contribution in [0.3, 0.4) is 0 Å². The van der Waals surface area contributed by atoms with Gasteiger partial charge >= 0.3 is 6.09 Å². The minimum absolute atomic E-state index is 0.186. The molecule has 5 nitrogen and oxygen atoms in total. The van der Waals surface area contributed by atoms with Crippen molar-refractivity contribution < 1.29 is 23.5 Å². The molecule has 0 aliphatic carbocycles. The Morgan fingerprint density at radius 3 is 2.54 bits per heavy atom. The van der Waals surface area contributed by atoms with Crippen LogP contribution in [0.1, 0.15) is 37.6 Å². The lowest BCUT2D eigenvalue weighted by molar-refractivity contribution is 0.0275. The smallest absolute Gasteiger partial charge is 0.410 e. The van der Waals surface area contributed by atoms with Gasteiger partial charge in [0.05, 0.1) is 6.54 Å². The molecular formula is C22H24FNO4. The van der Waals surface area contributed by atoms with E-state index in [4.69, 9.17) is 9.47 Å². The molecule has 0 unspecified atom stereocenters. The number of carbonyl (C=O) groups excluding carboxylic acids is 2. The number of ether oxygens (including phenoxy) is 2. The zero-order chi connectivity index (χ0) is 20.3. The fourth-order valence-corrected chi connectivity index (χ4v) is 3.07. The van der Waals surface area contributed by atoms with Crippen LogP contribution >= 0.6 is 0 Å². The first-order valence-electron chi connectivity index (χ1n) is 9.25. The third-order valence-corrected chi connectivity index (χ3v) is 4.39. The minimum Gasteiger partial charge on any atom is -0.488 e. The van der Waals surface area contributed by atoms with Gasteiger partial charge in [0.15, 0.2) is 0 Å². The Morgan fingerprint density at radius 1 is 1.18 bits per heavy atom. The number of rotatable bonds is 4. The zero-order valence-corrected chi connectivity index (χ0v) is 16.3. The van der Waals surface area contributed by atoms with Crippen molar-refractivity contribution in [3.63, 3.8) is 0 Å². The van der Waals surface area contributed by atoms with Crippen LogP contribution in [-0.4, -0.2) is 42.1 Å². The molecule has 2 aromatic carbocycles. The van der Waals surface area contributed by atoms with Crippen molar-refractivity contribution in [2.75, 3.05) is 13.1 Å². The summed E-state index contributed by atoms with van der Waals surface area (Å²) in [5.74, 6) is 0.259. The van der Waals surface area contributed by atoms with Crippen LogP contribution in [0.15, 0.2) is 42.5 Å². The lowest BCUT2D eigenvalue weighted by Crippen LogP contribution is -2.36. The topological polar surface area (TPSA) is 55.8 Å². The van der Waals surface area contributed by atoms with Crippen LogP contribution in [0.2, 0.25) is 0 Å². The standard InChI is InChI=1S/C22H24FNO4/c1-22(2,3)28-21(26)24-11-10-18(13-24)27-20-9-4-15(14-25)12-19(20)16-5-7-17(23)8-6-16/h4-9,12,14,18H,10-11,13H2,1-3H3/t18-/m0/s1. The third-order valence-electron chi connectivity index (χ3n) is 4.39. The second kappa shape index (κ2) is 8.00. The van der Waals surface area contributed by atoms with Gasteiger partial charge in [0.25, 0.3) is 0 Å². The van der Waals surface area contributed by atoms with Gasteiger partial charge in [-0.15, -0.1) is 0 Å². The van der Waals surface area contributed by atoms with E-state index in [0.717, 1.165) is 11.8 Å². The molecule has 1 atom stereocenters. The predicted molar refractivity (Wildman–Crippen MR) is 104 cm³/mol. The van der Waals surface area contributed by atoms with Gasteiger partial charge in [-0.05, 0) is 56.7 Å². The molecule has 1 amide bonds. The van der Waals surface area contributed by atoms with Crippen molar-refractivity contribution in [1.29, 1.82) is 0 Å². The maximum absolute atomic E-state index is 13.3. The van der Waals surface area contributed by atoms with E-state index >= 15 is 0 Å². The molecule has 0 aromatic heterocycles. The molecule has 1 heterocycles. The highest BCUT2D eigenvalue weighted by Gasteiger charge is 2.31. The van der Waals surface area contributed by atoms with E-state index in [1.54, 1.807) is 35.2 Å². The van der Waals surface area contributed by atoms with Crippen LogP contribution in [0.5, 0.6) is 5.75 Å². The summed E-state index contributed by atoms with van der Waals surface area (Å²) < 4.78 is 24.8. The number of nitrogens with zero attached hydrogens (tertiary/aromatic N) is 1. The summed E-state index contributed by atoms with van der Waals surface area (Å²) in [6.45, 7) is 6.47. The van der Waals surface area contributed by atoms with Gasteiger partial charge in [0.2, 0.25) is 0 Å². The monoisotopic (exact) mass is 385 g/mol. The van der Waals surface area contributed by atoms with Gasteiger partial charge in [-0.3, -0.25) is 4.79 Å². The van der Waals surface area contributed by atoms with Crippen molar-refractivity contribution in [3.05, 3.63) is 53.8 Å². The molecule has 0 saturated carbocycles. The van der Waals surface area contributed by atoms with E-state index in [0.29, 0.717) is 36.4 Å². The fourth-order valence-electron chi connectivity index (χ4n) is 3.07. The summed E-state index contributed by atoms with van der Waals surface area (Å²) in [4.78, 5) is 25.0. The second-order valence-electron chi connectivity index (χ2n) is 7.84. The van der Waals surface area contributed by atoms with Crippen LogP contribution < -0.4 is 4.74 Å². The molecule has 2 aromatic rings. The molecule has 6 heteroatoms. The maximum Gasteiger partial charge on any atom is 0.410 e. The van der Waals surface area contributed by atoms with Crippen molar-refractivity contribution >= 4 is 12.4 Å².